The van der Waals surface area contributed by atoms with E-state index in [1.807, 2.05) is 12.1 Å². The number of aryl methyl sites for hydroxylation is 1. The molecule has 1 aromatic heterocycles. The summed E-state index contributed by atoms with van der Waals surface area (Å²) in [5.41, 5.74) is 4.87. The van der Waals surface area contributed by atoms with Gasteiger partial charge in [0.1, 0.15) is 5.25 Å². The predicted molar refractivity (Wildman–Crippen MR) is 102 cm³/mol. The van der Waals surface area contributed by atoms with E-state index in [1.54, 1.807) is 0 Å². The first kappa shape index (κ1) is 16.2. The molecule has 0 unspecified atom stereocenters. The zero-order chi connectivity index (χ0) is 17.4. The molecule has 1 aliphatic rings. The highest BCUT2D eigenvalue weighted by molar-refractivity contribution is 8.01. The van der Waals surface area contributed by atoms with Crippen LogP contribution in [0.2, 0.25) is 0 Å². The first-order valence-electron chi connectivity index (χ1n) is 8.37. The number of carboxylic acids is 1. The largest absolute Gasteiger partial charge is 0.480 e. The Labute approximate surface area is 150 Å². The molecule has 2 heterocycles. The zero-order valence-electron chi connectivity index (χ0n) is 14.0. The third kappa shape index (κ3) is 3.17. The molecule has 25 heavy (non-hydrogen) atoms. The van der Waals surface area contributed by atoms with Crippen LogP contribution in [0.15, 0.2) is 54.7 Å². The summed E-state index contributed by atoms with van der Waals surface area (Å²) in [6, 6.07) is 16.9. The van der Waals surface area contributed by atoms with E-state index in [2.05, 4.69) is 59.4 Å². The fourth-order valence-electron chi connectivity index (χ4n) is 3.43. The van der Waals surface area contributed by atoms with Gasteiger partial charge in [0.15, 0.2) is 0 Å². The number of carbonyl (C=O) groups is 1. The van der Waals surface area contributed by atoms with Crippen LogP contribution in [0.1, 0.15) is 22.1 Å². The number of aliphatic carboxylic acids is 1. The fourth-order valence-corrected chi connectivity index (χ4v) is 4.59. The lowest BCUT2D eigenvalue weighted by molar-refractivity contribution is -0.136. The van der Waals surface area contributed by atoms with Crippen molar-refractivity contribution in [3.63, 3.8) is 0 Å². The Bertz CT molecular complexity index is 934. The van der Waals surface area contributed by atoms with Gasteiger partial charge in [-0.1, -0.05) is 48.0 Å². The summed E-state index contributed by atoms with van der Waals surface area (Å²) in [5.74, 6) is -0.747. The molecule has 1 aliphatic heterocycles. The monoisotopic (exact) mass is 352 g/mol. The second-order valence-corrected chi connectivity index (χ2v) is 7.78. The number of benzene rings is 2. The van der Waals surface area contributed by atoms with Crippen molar-refractivity contribution in [3.8, 4) is 0 Å². The van der Waals surface area contributed by atoms with Gasteiger partial charge in [0, 0.05) is 35.8 Å². The first-order valence-corrected chi connectivity index (χ1v) is 9.31. The van der Waals surface area contributed by atoms with Crippen molar-refractivity contribution >= 4 is 28.6 Å². The number of para-hydroxylation sites is 1. The van der Waals surface area contributed by atoms with Crippen molar-refractivity contribution in [2.75, 3.05) is 6.54 Å². The first-order chi connectivity index (χ1) is 12.1. The molecule has 0 amide bonds. The minimum absolute atomic E-state index is 0.0183. The Hall–Kier alpha value is -2.24. The lowest BCUT2D eigenvalue weighted by Gasteiger charge is -2.08. The Morgan fingerprint density at radius 2 is 2.12 bits per heavy atom. The van der Waals surface area contributed by atoms with Gasteiger partial charge in [-0.2, -0.15) is 0 Å². The highest BCUT2D eigenvalue weighted by atomic mass is 32.2. The number of hydrogen-bond donors (Lipinski definition) is 2. The summed E-state index contributed by atoms with van der Waals surface area (Å²) < 4.78 is 2.26. The average Bonchev–Trinajstić information content (AvgIpc) is 3.21. The average molecular weight is 352 g/mol. The Morgan fingerprint density at radius 1 is 1.28 bits per heavy atom. The molecule has 128 valence electrons. The van der Waals surface area contributed by atoms with E-state index in [0.717, 1.165) is 12.1 Å². The molecule has 0 saturated carbocycles. The summed E-state index contributed by atoms with van der Waals surface area (Å²) in [6.45, 7) is 3.41. The molecule has 3 aromatic rings. The van der Waals surface area contributed by atoms with Gasteiger partial charge in [0.25, 0.3) is 0 Å². The maximum absolute atomic E-state index is 11.3. The lowest BCUT2D eigenvalue weighted by Crippen LogP contribution is -2.21. The SMILES string of the molecule is Cc1cccc(Cn2cc([C@@H]3NC[C@H](C(=O)O)S3)c3ccccc32)c1. The second kappa shape index (κ2) is 6.58. The molecule has 2 aromatic carbocycles. The zero-order valence-corrected chi connectivity index (χ0v) is 14.8. The predicted octanol–water partition coefficient (Wildman–Crippen LogP) is 3.79. The quantitative estimate of drug-likeness (QED) is 0.750. The van der Waals surface area contributed by atoms with Crippen LogP contribution in [0.5, 0.6) is 0 Å². The molecule has 2 N–H and O–H groups in total. The van der Waals surface area contributed by atoms with Gasteiger partial charge in [0.05, 0.1) is 5.37 Å². The topological polar surface area (TPSA) is 54.3 Å². The molecule has 0 radical (unpaired) electrons. The number of aromatic nitrogens is 1. The standard InChI is InChI=1S/C20H20N2O2S/c1-13-5-4-6-14(9-13)11-22-12-16(15-7-2-3-8-17(15)22)19-21-10-18(25-19)20(23)24/h2-9,12,18-19,21H,10-11H2,1H3,(H,23,24)/t18-,19-/m1/s1. The summed E-state index contributed by atoms with van der Waals surface area (Å²) in [6.07, 6.45) is 2.17. The summed E-state index contributed by atoms with van der Waals surface area (Å²) in [4.78, 5) is 11.3. The van der Waals surface area contributed by atoms with Crippen molar-refractivity contribution in [3.05, 3.63) is 71.4 Å². The van der Waals surface area contributed by atoms with Gasteiger partial charge in [-0.25, -0.2) is 0 Å². The molecule has 5 heteroatoms. The van der Waals surface area contributed by atoms with Crippen molar-refractivity contribution < 1.29 is 9.90 Å². The van der Waals surface area contributed by atoms with Crippen LogP contribution in [0, 0.1) is 6.92 Å². The normalized spacial score (nSPS) is 20.2. The Morgan fingerprint density at radius 3 is 2.88 bits per heavy atom. The molecule has 0 aliphatic carbocycles. The van der Waals surface area contributed by atoms with Gasteiger partial charge >= 0.3 is 5.97 Å². The smallest absolute Gasteiger partial charge is 0.318 e. The van der Waals surface area contributed by atoms with Crippen molar-refractivity contribution in [1.82, 2.24) is 9.88 Å². The molecule has 4 rings (SSSR count). The van der Waals surface area contributed by atoms with E-state index in [-0.39, 0.29) is 10.6 Å². The highest BCUT2D eigenvalue weighted by Gasteiger charge is 2.32. The fraction of sp³-hybridized carbons (Fsp3) is 0.250. The minimum Gasteiger partial charge on any atom is -0.480 e. The van der Waals surface area contributed by atoms with E-state index >= 15 is 0 Å². The van der Waals surface area contributed by atoms with Gasteiger partial charge in [-0.05, 0) is 18.6 Å². The third-order valence-electron chi connectivity index (χ3n) is 4.60. The summed E-state index contributed by atoms with van der Waals surface area (Å²) >= 11 is 1.48. The van der Waals surface area contributed by atoms with Gasteiger partial charge in [-0.15, -0.1) is 11.8 Å². The van der Waals surface area contributed by atoms with Crippen LogP contribution in [0.25, 0.3) is 10.9 Å². The van der Waals surface area contributed by atoms with Crippen molar-refractivity contribution in [1.29, 1.82) is 0 Å². The number of rotatable bonds is 4. The van der Waals surface area contributed by atoms with Crippen LogP contribution in [-0.2, 0) is 11.3 Å². The van der Waals surface area contributed by atoms with E-state index in [4.69, 9.17) is 0 Å². The molecule has 1 fully saturated rings. The number of carboxylic acid groups (broad SMARTS) is 1. The molecule has 0 spiro atoms. The van der Waals surface area contributed by atoms with Crippen LogP contribution in [0.4, 0.5) is 0 Å². The molecule has 4 nitrogen and oxygen atoms in total. The Kier molecular flexibility index (Phi) is 4.27. The maximum atomic E-state index is 11.3. The Balaban J connectivity index is 1.71. The number of thioether (sulfide) groups is 1. The molecular weight excluding hydrogens is 332 g/mol. The maximum Gasteiger partial charge on any atom is 0.318 e. The van der Waals surface area contributed by atoms with E-state index in [0.29, 0.717) is 6.54 Å². The summed E-state index contributed by atoms with van der Waals surface area (Å²) in [7, 11) is 0. The number of nitrogens with zero attached hydrogens (tertiary/aromatic N) is 1. The highest BCUT2D eigenvalue weighted by Crippen LogP contribution is 2.39. The van der Waals surface area contributed by atoms with Gasteiger partial charge in [-0.3, -0.25) is 10.1 Å². The van der Waals surface area contributed by atoms with Crippen molar-refractivity contribution in [2.45, 2.75) is 24.1 Å². The van der Waals surface area contributed by atoms with Crippen molar-refractivity contribution in [2.24, 2.45) is 0 Å². The number of nitrogens with one attached hydrogen (secondary N) is 1. The van der Waals surface area contributed by atoms with Gasteiger partial charge in [0.2, 0.25) is 0 Å². The van der Waals surface area contributed by atoms with Gasteiger partial charge < -0.3 is 9.67 Å². The summed E-state index contributed by atoms with van der Waals surface area (Å²) in [5, 5.41) is 13.4. The lowest BCUT2D eigenvalue weighted by atomic mass is 10.1. The van der Waals surface area contributed by atoms with E-state index in [1.165, 1.54) is 33.8 Å². The van der Waals surface area contributed by atoms with Crippen LogP contribution >= 0.6 is 11.8 Å². The van der Waals surface area contributed by atoms with Crippen LogP contribution in [-0.4, -0.2) is 27.4 Å². The second-order valence-electron chi connectivity index (χ2n) is 6.47. The van der Waals surface area contributed by atoms with E-state index < -0.39 is 5.97 Å². The minimum atomic E-state index is -0.747. The number of fused-ring (bicyclic) bond motifs is 1. The molecule has 0 bridgehead atoms. The van der Waals surface area contributed by atoms with Crippen LogP contribution < -0.4 is 5.32 Å². The molecular formula is C20H20N2O2S. The third-order valence-corrected chi connectivity index (χ3v) is 5.99. The number of hydrogen-bond acceptors (Lipinski definition) is 3. The van der Waals surface area contributed by atoms with E-state index in [9.17, 15) is 9.90 Å². The molecule has 1 saturated heterocycles. The molecule has 2 atom stereocenters. The van der Waals surface area contributed by atoms with Crippen LogP contribution in [0.3, 0.4) is 0 Å².